The zero-order chi connectivity index (χ0) is 32.3. The predicted molar refractivity (Wildman–Crippen MR) is 200 cm³/mol. The Labute approximate surface area is 281 Å². The summed E-state index contributed by atoms with van der Waals surface area (Å²) in [5.74, 6) is 0. The maximum Gasteiger partial charge on any atom is 0.179 e. The van der Waals surface area contributed by atoms with E-state index in [2.05, 4.69) is 137 Å². The molecule has 0 N–H and O–H groups in total. The van der Waals surface area contributed by atoms with Gasteiger partial charge in [0.1, 0.15) is 5.65 Å². The molecule has 0 aliphatic carbocycles. The second kappa shape index (κ2) is 10.9. The van der Waals surface area contributed by atoms with Gasteiger partial charge in [0.15, 0.2) is 5.65 Å². The normalized spacial score (nSPS) is 11.7. The predicted octanol–water partition coefficient (Wildman–Crippen LogP) is 10.8. The molecule has 5 aromatic carbocycles. The lowest BCUT2D eigenvalue weighted by Gasteiger charge is -2.13. The van der Waals surface area contributed by atoms with Gasteiger partial charge in [0.25, 0.3) is 0 Å². The number of hydrogen-bond donors (Lipinski definition) is 0. The summed E-state index contributed by atoms with van der Waals surface area (Å²) in [5.41, 5.74) is 13.0. The van der Waals surface area contributed by atoms with Crippen LogP contribution in [-0.4, -0.2) is 24.3 Å². The minimum atomic E-state index is 0.749. The van der Waals surface area contributed by atoms with Crippen LogP contribution in [0.25, 0.3) is 94.2 Å². The van der Waals surface area contributed by atoms with Gasteiger partial charge in [0.2, 0.25) is 0 Å². The Kier molecular flexibility index (Phi) is 6.11. The molecule has 5 heteroatoms. The van der Waals surface area contributed by atoms with Crippen molar-refractivity contribution in [2.45, 2.75) is 0 Å². The molecule has 10 aromatic rings. The molecule has 49 heavy (non-hydrogen) atoms. The maximum absolute atomic E-state index is 5.06. The molecular formula is C44H27N5. The van der Waals surface area contributed by atoms with E-state index in [1.807, 2.05) is 36.5 Å². The fraction of sp³-hybridized carbons (Fsp3) is 0. The molecule has 0 amide bonds. The molecule has 0 radical (unpaired) electrons. The van der Waals surface area contributed by atoms with Crippen molar-refractivity contribution < 1.29 is 0 Å². The van der Waals surface area contributed by atoms with Crippen LogP contribution in [0.15, 0.2) is 164 Å². The first kappa shape index (κ1) is 27.4. The van der Waals surface area contributed by atoms with E-state index in [1.54, 1.807) is 0 Å². The molecule has 0 fully saturated rings. The topological polar surface area (TPSA) is 56.0 Å². The van der Waals surface area contributed by atoms with Crippen molar-refractivity contribution in [3.8, 4) is 44.8 Å². The smallest absolute Gasteiger partial charge is 0.179 e. The minimum absolute atomic E-state index is 0.749. The molecule has 10 rings (SSSR count). The number of hydrogen-bond acceptors (Lipinski definition) is 4. The zero-order valence-corrected chi connectivity index (χ0v) is 26.3. The molecule has 0 aliphatic rings. The van der Waals surface area contributed by atoms with Crippen LogP contribution in [0.2, 0.25) is 0 Å². The molecule has 0 spiro atoms. The van der Waals surface area contributed by atoms with Gasteiger partial charge in [0.05, 0.1) is 27.9 Å². The number of benzene rings is 5. The first-order valence-electron chi connectivity index (χ1n) is 16.4. The van der Waals surface area contributed by atoms with E-state index in [0.29, 0.717) is 0 Å². The van der Waals surface area contributed by atoms with Gasteiger partial charge in [-0.1, -0.05) is 91.0 Å². The van der Waals surface area contributed by atoms with Gasteiger partial charge < -0.3 is 0 Å². The third kappa shape index (κ3) is 4.71. The van der Waals surface area contributed by atoms with E-state index in [4.69, 9.17) is 15.0 Å². The molecule has 0 saturated heterocycles. The first-order chi connectivity index (χ1) is 24.2. The summed E-state index contributed by atoms with van der Waals surface area (Å²) in [7, 11) is 0. The maximum atomic E-state index is 5.06. The van der Waals surface area contributed by atoms with E-state index in [1.165, 1.54) is 0 Å². The van der Waals surface area contributed by atoms with Crippen molar-refractivity contribution in [1.82, 2.24) is 24.3 Å². The molecule has 0 bridgehead atoms. The molecule has 0 unspecified atom stereocenters. The summed E-state index contributed by atoms with van der Waals surface area (Å²) in [6.45, 7) is 0. The van der Waals surface area contributed by atoms with E-state index in [9.17, 15) is 0 Å². The fourth-order valence-electron chi connectivity index (χ4n) is 6.93. The van der Waals surface area contributed by atoms with Crippen LogP contribution in [0.3, 0.4) is 0 Å². The average molecular weight is 626 g/mol. The number of fused-ring (bicyclic) bond motifs is 7. The van der Waals surface area contributed by atoms with Gasteiger partial charge in [-0.2, -0.15) is 0 Å². The van der Waals surface area contributed by atoms with Gasteiger partial charge in [-0.25, -0.2) is 19.9 Å². The lowest BCUT2D eigenvalue weighted by molar-refractivity contribution is 1.23. The van der Waals surface area contributed by atoms with Gasteiger partial charge in [0, 0.05) is 45.1 Å². The summed E-state index contributed by atoms with van der Waals surface area (Å²) in [6.07, 6.45) is 4.01. The highest BCUT2D eigenvalue weighted by Crippen LogP contribution is 2.35. The van der Waals surface area contributed by atoms with Gasteiger partial charge in [-0.15, -0.1) is 0 Å². The Morgan fingerprint density at radius 3 is 1.69 bits per heavy atom. The van der Waals surface area contributed by atoms with Crippen molar-refractivity contribution in [2.24, 2.45) is 0 Å². The summed E-state index contributed by atoms with van der Waals surface area (Å²) < 4.78 is 2.14. The molecule has 5 nitrogen and oxygen atoms in total. The SMILES string of the molecule is c1cc(-c2cc(-c3ccc4ccccc4n3)cc(-c3ccc4ccccc4n3)c2)cc(-c2ccn3c(c2)nc2ncc4ccccc4c23)c1. The van der Waals surface area contributed by atoms with Crippen LogP contribution in [0.5, 0.6) is 0 Å². The quantitative estimate of drug-likeness (QED) is 0.195. The third-order valence-corrected chi connectivity index (χ3v) is 9.40. The average Bonchev–Trinajstić information content (AvgIpc) is 3.56. The lowest BCUT2D eigenvalue weighted by atomic mass is 9.94. The van der Waals surface area contributed by atoms with E-state index < -0.39 is 0 Å². The Hall–Kier alpha value is -6.72. The van der Waals surface area contributed by atoms with Crippen LogP contribution in [-0.2, 0) is 0 Å². The van der Waals surface area contributed by atoms with Crippen LogP contribution < -0.4 is 0 Å². The second-order valence-electron chi connectivity index (χ2n) is 12.4. The molecule has 0 atom stereocenters. The molecule has 228 valence electrons. The molecule has 0 aliphatic heterocycles. The summed E-state index contributed by atoms with van der Waals surface area (Å²) in [6, 6.07) is 53.0. The van der Waals surface area contributed by atoms with Gasteiger partial charge in [-0.3, -0.25) is 4.40 Å². The van der Waals surface area contributed by atoms with Gasteiger partial charge in [-0.05, 0) is 82.9 Å². The van der Waals surface area contributed by atoms with Crippen molar-refractivity contribution in [2.75, 3.05) is 0 Å². The molecular weight excluding hydrogens is 599 g/mol. The first-order valence-corrected chi connectivity index (χ1v) is 16.4. The van der Waals surface area contributed by atoms with Crippen molar-refractivity contribution in [3.63, 3.8) is 0 Å². The summed E-state index contributed by atoms with van der Waals surface area (Å²) in [5, 5.41) is 4.50. The highest BCUT2D eigenvalue weighted by Gasteiger charge is 2.13. The second-order valence-corrected chi connectivity index (χ2v) is 12.4. The van der Waals surface area contributed by atoms with Crippen LogP contribution in [0, 0.1) is 0 Å². The Morgan fingerprint density at radius 2 is 0.980 bits per heavy atom. The van der Waals surface area contributed by atoms with E-state index >= 15 is 0 Å². The van der Waals surface area contributed by atoms with Crippen molar-refractivity contribution in [1.29, 1.82) is 0 Å². The minimum Gasteiger partial charge on any atom is -0.298 e. The Balaban J connectivity index is 1.11. The van der Waals surface area contributed by atoms with Gasteiger partial charge >= 0.3 is 0 Å². The van der Waals surface area contributed by atoms with Crippen LogP contribution in [0.1, 0.15) is 0 Å². The highest BCUT2D eigenvalue weighted by atomic mass is 15.0. The monoisotopic (exact) mass is 625 g/mol. The largest absolute Gasteiger partial charge is 0.298 e. The highest BCUT2D eigenvalue weighted by molar-refractivity contribution is 6.04. The third-order valence-electron chi connectivity index (χ3n) is 9.40. The zero-order valence-electron chi connectivity index (χ0n) is 26.3. The number of para-hydroxylation sites is 2. The Bertz CT molecular complexity index is 2810. The van der Waals surface area contributed by atoms with Crippen LogP contribution in [0.4, 0.5) is 0 Å². The summed E-state index contributed by atoms with van der Waals surface area (Å²) >= 11 is 0. The lowest BCUT2D eigenvalue weighted by Crippen LogP contribution is -1.91. The molecule has 5 heterocycles. The number of rotatable bonds is 4. The van der Waals surface area contributed by atoms with E-state index in [0.717, 1.165) is 94.2 Å². The number of aromatic nitrogens is 5. The number of pyridine rings is 4. The van der Waals surface area contributed by atoms with Crippen molar-refractivity contribution >= 4 is 49.4 Å². The number of nitrogens with zero attached hydrogens (tertiary/aromatic N) is 5. The fourth-order valence-corrected chi connectivity index (χ4v) is 6.93. The molecule has 0 saturated carbocycles. The standard InChI is InChI=1S/C44H27N5/c1-4-13-37-33(10-1)27-45-44-43(37)49-21-20-32(26-42(49)48-44)30-11-7-12-31(22-30)34-23-35(40-18-16-28-8-2-5-14-38(28)46-40)25-36(24-34)41-19-17-29-9-3-6-15-39(29)47-41/h1-27H. The Morgan fingerprint density at radius 1 is 0.408 bits per heavy atom. The van der Waals surface area contributed by atoms with E-state index in [-0.39, 0.29) is 0 Å². The number of imidazole rings is 1. The molecule has 5 aromatic heterocycles. The van der Waals surface area contributed by atoms with Crippen LogP contribution >= 0.6 is 0 Å². The van der Waals surface area contributed by atoms with Crippen molar-refractivity contribution in [3.05, 3.63) is 164 Å². The summed E-state index contributed by atoms with van der Waals surface area (Å²) in [4.78, 5) is 19.7.